The standard InChI is InChI=1S/C24H26N2O/c1-27-22-7-6-18(23-25-20-4-2-3-5-21(20)26-23)11-19(22)24-12-15-8-16(13-24)10-17(9-15)14-24/h2,4-7,11,15-17H,3,8-10,12-14H2,1H3. The Kier molecular flexibility index (Phi) is 3.33. The van der Waals surface area contributed by atoms with E-state index >= 15 is 0 Å². The van der Waals surface area contributed by atoms with Gasteiger partial charge in [-0.25, -0.2) is 9.98 Å². The first kappa shape index (κ1) is 15.9. The number of fused-ring (bicyclic) bond motifs is 1. The van der Waals surface area contributed by atoms with E-state index in [4.69, 9.17) is 14.7 Å². The molecule has 0 N–H and O–H groups in total. The molecule has 0 amide bonds. The number of methoxy groups -OCH3 is 1. The highest BCUT2D eigenvalue weighted by Gasteiger charge is 2.52. The van der Waals surface area contributed by atoms with Gasteiger partial charge in [-0.3, -0.25) is 0 Å². The number of hydrogen-bond acceptors (Lipinski definition) is 3. The molecule has 27 heavy (non-hydrogen) atoms. The van der Waals surface area contributed by atoms with Crippen LogP contribution in [0.5, 0.6) is 5.75 Å². The SMILES string of the molecule is COc1ccc(C2=NC3=CCC=CC3=N2)cc1C12CC3CC(CC(C3)C1)C2. The Morgan fingerprint density at radius 1 is 1.00 bits per heavy atom. The summed E-state index contributed by atoms with van der Waals surface area (Å²) in [5.74, 6) is 4.69. The third-order valence-corrected chi connectivity index (χ3v) is 7.51. The first-order valence-corrected chi connectivity index (χ1v) is 10.5. The lowest BCUT2D eigenvalue weighted by Crippen LogP contribution is -2.48. The average Bonchev–Trinajstić information content (AvgIpc) is 3.11. The molecule has 3 nitrogen and oxygen atoms in total. The van der Waals surface area contributed by atoms with Gasteiger partial charge in [-0.1, -0.05) is 12.2 Å². The molecule has 0 spiro atoms. The molecule has 7 rings (SSSR count). The zero-order chi connectivity index (χ0) is 18.0. The molecule has 0 aromatic heterocycles. The Labute approximate surface area is 160 Å². The van der Waals surface area contributed by atoms with Crippen molar-refractivity contribution in [2.75, 3.05) is 7.11 Å². The Hall–Kier alpha value is -2.16. The van der Waals surface area contributed by atoms with E-state index in [1.165, 1.54) is 44.1 Å². The maximum atomic E-state index is 5.85. The van der Waals surface area contributed by atoms with Gasteiger partial charge in [-0.05, 0) is 92.4 Å². The van der Waals surface area contributed by atoms with Crippen molar-refractivity contribution in [2.45, 2.75) is 50.4 Å². The summed E-state index contributed by atoms with van der Waals surface area (Å²) in [6, 6.07) is 6.64. The van der Waals surface area contributed by atoms with Gasteiger partial charge in [-0.15, -0.1) is 0 Å². The largest absolute Gasteiger partial charge is 0.496 e. The van der Waals surface area contributed by atoms with Crippen molar-refractivity contribution >= 4 is 11.5 Å². The van der Waals surface area contributed by atoms with Gasteiger partial charge < -0.3 is 4.74 Å². The maximum absolute atomic E-state index is 5.85. The summed E-state index contributed by atoms with van der Waals surface area (Å²) < 4.78 is 5.85. The van der Waals surface area contributed by atoms with Crippen LogP contribution in [0.25, 0.3) is 0 Å². The minimum atomic E-state index is 0.314. The van der Waals surface area contributed by atoms with Gasteiger partial charge in [0.2, 0.25) is 0 Å². The first-order valence-electron chi connectivity index (χ1n) is 10.5. The molecule has 0 unspecified atom stereocenters. The normalized spacial score (nSPS) is 35.6. The fourth-order valence-corrected chi connectivity index (χ4v) is 6.83. The fourth-order valence-electron chi connectivity index (χ4n) is 6.83. The second-order valence-corrected chi connectivity index (χ2v) is 9.27. The summed E-state index contributed by atoms with van der Waals surface area (Å²) in [5, 5.41) is 0. The van der Waals surface area contributed by atoms with Crippen LogP contribution in [-0.2, 0) is 5.41 Å². The van der Waals surface area contributed by atoms with E-state index in [0.29, 0.717) is 5.41 Å². The molecule has 4 bridgehead atoms. The average molecular weight is 358 g/mol. The summed E-state index contributed by atoms with van der Waals surface area (Å²) in [4.78, 5) is 9.60. The number of rotatable bonds is 3. The van der Waals surface area contributed by atoms with Crippen LogP contribution in [0.15, 0.2) is 52.1 Å². The van der Waals surface area contributed by atoms with Crippen molar-refractivity contribution in [3.05, 3.63) is 53.3 Å². The zero-order valence-corrected chi connectivity index (χ0v) is 15.9. The molecule has 4 fully saturated rings. The highest BCUT2D eigenvalue weighted by molar-refractivity contribution is 6.22. The molecule has 0 radical (unpaired) electrons. The highest BCUT2D eigenvalue weighted by atomic mass is 16.5. The molecule has 1 heterocycles. The number of benzene rings is 1. The van der Waals surface area contributed by atoms with Crippen molar-refractivity contribution in [1.82, 2.24) is 0 Å². The summed E-state index contributed by atoms with van der Waals surface area (Å²) in [7, 11) is 1.82. The van der Waals surface area contributed by atoms with Gasteiger partial charge in [0.1, 0.15) is 5.75 Å². The van der Waals surface area contributed by atoms with Crippen molar-refractivity contribution < 1.29 is 4.74 Å². The van der Waals surface area contributed by atoms with Crippen LogP contribution in [0.3, 0.4) is 0 Å². The van der Waals surface area contributed by atoms with Crippen molar-refractivity contribution in [3.63, 3.8) is 0 Å². The molecule has 1 aliphatic heterocycles. The minimum absolute atomic E-state index is 0.314. The molecule has 3 heteroatoms. The molecule has 0 saturated heterocycles. The number of ether oxygens (including phenoxy) is 1. The van der Waals surface area contributed by atoms with Crippen LogP contribution < -0.4 is 4.74 Å². The van der Waals surface area contributed by atoms with E-state index in [0.717, 1.165) is 52.7 Å². The second-order valence-electron chi connectivity index (χ2n) is 9.27. The molecule has 138 valence electrons. The molecule has 0 atom stereocenters. The van der Waals surface area contributed by atoms with Crippen molar-refractivity contribution in [3.8, 4) is 5.75 Å². The Balaban J connectivity index is 1.44. The number of nitrogens with zero attached hydrogens (tertiary/aromatic N) is 2. The van der Waals surface area contributed by atoms with Gasteiger partial charge >= 0.3 is 0 Å². The van der Waals surface area contributed by atoms with Crippen LogP contribution in [0.2, 0.25) is 0 Å². The molecule has 5 aliphatic carbocycles. The van der Waals surface area contributed by atoms with E-state index < -0.39 is 0 Å². The van der Waals surface area contributed by atoms with Crippen LogP contribution in [-0.4, -0.2) is 18.7 Å². The molecule has 4 saturated carbocycles. The van der Waals surface area contributed by atoms with E-state index in [1.54, 1.807) is 0 Å². The lowest BCUT2D eigenvalue weighted by molar-refractivity contribution is -0.00616. The smallest absolute Gasteiger partial charge is 0.160 e. The first-order chi connectivity index (χ1) is 13.2. The predicted molar refractivity (Wildman–Crippen MR) is 109 cm³/mol. The van der Waals surface area contributed by atoms with Crippen LogP contribution in [0, 0.1) is 17.8 Å². The minimum Gasteiger partial charge on any atom is -0.496 e. The summed E-state index contributed by atoms with van der Waals surface area (Å²) in [5.41, 5.74) is 4.90. The Morgan fingerprint density at radius 2 is 1.74 bits per heavy atom. The monoisotopic (exact) mass is 358 g/mol. The van der Waals surface area contributed by atoms with E-state index in [9.17, 15) is 0 Å². The van der Waals surface area contributed by atoms with Crippen LogP contribution in [0.1, 0.15) is 56.1 Å². The molecule has 1 aromatic rings. The van der Waals surface area contributed by atoms with E-state index in [1.807, 2.05) is 7.11 Å². The summed E-state index contributed by atoms with van der Waals surface area (Å²) in [6.07, 6.45) is 15.8. The third-order valence-electron chi connectivity index (χ3n) is 7.51. The lowest BCUT2D eigenvalue weighted by atomic mass is 9.48. The zero-order valence-electron chi connectivity index (χ0n) is 15.9. The van der Waals surface area contributed by atoms with Crippen LogP contribution in [0.4, 0.5) is 0 Å². The van der Waals surface area contributed by atoms with Gasteiger partial charge in [0.15, 0.2) is 5.84 Å². The number of allylic oxidation sites excluding steroid dienone is 3. The molecular formula is C24H26N2O. The fraction of sp³-hybridized carbons (Fsp3) is 0.500. The summed E-state index contributed by atoms with van der Waals surface area (Å²) >= 11 is 0. The second kappa shape index (κ2) is 5.67. The lowest BCUT2D eigenvalue weighted by Gasteiger charge is -2.57. The summed E-state index contributed by atoms with van der Waals surface area (Å²) in [6.45, 7) is 0. The van der Waals surface area contributed by atoms with Crippen LogP contribution >= 0.6 is 0 Å². The highest BCUT2D eigenvalue weighted by Crippen LogP contribution is 2.61. The predicted octanol–water partition coefficient (Wildman–Crippen LogP) is 5.21. The van der Waals surface area contributed by atoms with E-state index in [-0.39, 0.29) is 0 Å². The van der Waals surface area contributed by atoms with E-state index in [2.05, 4.69) is 36.4 Å². The van der Waals surface area contributed by atoms with Gasteiger partial charge in [0, 0.05) is 11.1 Å². The number of hydrogen-bond donors (Lipinski definition) is 0. The topological polar surface area (TPSA) is 34.0 Å². The third kappa shape index (κ3) is 2.40. The van der Waals surface area contributed by atoms with Crippen molar-refractivity contribution in [2.24, 2.45) is 27.7 Å². The number of amidine groups is 1. The van der Waals surface area contributed by atoms with Gasteiger partial charge in [-0.2, -0.15) is 0 Å². The van der Waals surface area contributed by atoms with Gasteiger partial charge in [0.25, 0.3) is 0 Å². The van der Waals surface area contributed by atoms with Crippen molar-refractivity contribution in [1.29, 1.82) is 0 Å². The molecule has 6 aliphatic rings. The van der Waals surface area contributed by atoms with Gasteiger partial charge in [0.05, 0.1) is 18.5 Å². The molecular weight excluding hydrogens is 332 g/mol. The molecule has 1 aromatic carbocycles. The maximum Gasteiger partial charge on any atom is 0.160 e. The quantitative estimate of drug-likeness (QED) is 0.730. The Bertz CT molecular complexity index is 898. The number of aliphatic imine (C=N–C) groups is 2. The Morgan fingerprint density at radius 3 is 2.41 bits per heavy atom.